The first-order valence-corrected chi connectivity index (χ1v) is 8.39. The van der Waals surface area contributed by atoms with Gasteiger partial charge in [-0.3, -0.25) is 0 Å². The van der Waals surface area contributed by atoms with Gasteiger partial charge >= 0.3 is 0 Å². The summed E-state index contributed by atoms with van der Waals surface area (Å²) in [6.07, 6.45) is 1.59. The number of benzene rings is 2. The number of hydrogen-bond acceptors (Lipinski definition) is 7. The molecule has 0 fully saturated rings. The molecule has 3 aromatic rings. The first-order valence-electron chi connectivity index (χ1n) is 8.39. The minimum absolute atomic E-state index is 0.552. The van der Waals surface area contributed by atoms with Gasteiger partial charge in [-0.2, -0.15) is 10.1 Å². The minimum atomic E-state index is 0.552. The minimum Gasteiger partial charge on any atom is -0.486 e. The second-order valence-corrected chi connectivity index (χ2v) is 5.97. The van der Waals surface area contributed by atoms with Crippen molar-refractivity contribution in [2.24, 2.45) is 0 Å². The third-order valence-corrected chi connectivity index (χ3v) is 3.97. The lowest BCUT2D eigenvalue weighted by Gasteiger charge is -2.19. The average Bonchev–Trinajstić information content (AvgIpc) is 2.69. The van der Waals surface area contributed by atoms with Crippen molar-refractivity contribution < 1.29 is 9.47 Å². The predicted molar refractivity (Wildman–Crippen MR) is 99.1 cm³/mol. The van der Waals surface area contributed by atoms with Gasteiger partial charge in [0.1, 0.15) is 13.2 Å². The summed E-state index contributed by atoms with van der Waals surface area (Å²) in [6.45, 7) is 1.84. The summed E-state index contributed by atoms with van der Waals surface area (Å²) < 4.78 is 11.1. The second-order valence-electron chi connectivity index (χ2n) is 5.97. The molecule has 0 saturated heterocycles. The highest BCUT2D eigenvalue weighted by Gasteiger charge is 2.13. The van der Waals surface area contributed by atoms with Crippen LogP contribution in [0.4, 0.5) is 17.5 Å². The summed E-state index contributed by atoms with van der Waals surface area (Å²) in [4.78, 5) is 6.50. The fourth-order valence-electron chi connectivity index (χ4n) is 2.71. The molecule has 1 aliphatic heterocycles. The molecule has 0 unspecified atom stereocenters. The van der Waals surface area contributed by atoms with Gasteiger partial charge in [0, 0.05) is 25.3 Å². The van der Waals surface area contributed by atoms with Crippen LogP contribution in [0, 0.1) is 0 Å². The van der Waals surface area contributed by atoms with Crippen molar-refractivity contribution in [3.63, 3.8) is 0 Å². The molecule has 1 N–H and O–H groups in total. The van der Waals surface area contributed by atoms with E-state index in [0.717, 1.165) is 17.2 Å². The average molecular weight is 349 g/mol. The quantitative estimate of drug-likeness (QED) is 0.759. The number of aromatic nitrogens is 3. The number of anilines is 3. The van der Waals surface area contributed by atoms with Gasteiger partial charge in [0.05, 0.1) is 6.20 Å². The largest absolute Gasteiger partial charge is 0.486 e. The van der Waals surface area contributed by atoms with E-state index in [1.54, 1.807) is 6.20 Å². The Labute approximate surface area is 151 Å². The van der Waals surface area contributed by atoms with Crippen molar-refractivity contribution in [3.8, 4) is 11.5 Å². The van der Waals surface area contributed by atoms with E-state index in [1.165, 1.54) is 5.56 Å². The SMILES string of the molecule is CN(Cc1ccccc1)c1nncc(Nc2ccc3c(c2)OCCO3)n1. The highest BCUT2D eigenvalue weighted by Crippen LogP contribution is 2.33. The maximum absolute atomic E-state index is 5.61. The van der Waals surface area contributed by atoms with Crippen molar-refractivity contribution in [1.29, 1.82) is 0 Å². The Morgan fingerprint density at radius 1 is 1.04 bits per heavy atom. The summed E-state index contributed by atoms with van der Waals surface area (Å²) in [7, 11) is 1.94. The van der Waals surface area contributed by atoms with E-state index in [2.05, 4.69) is 32.6 Å². The van der Waals surface area contributed by atoms with E-state index in [4.69, 9.17) is 9.47 Å². The Balaban J connectivity index is 1.49. The van der Waals surface area contributed by atoms with E-state index in [-0.39, 0.29) is 0 Å². The summed E-state index contributed by atoms with van der Waals surface area (Å²) in [5.74, 6) is 2.65. The van der Waals surface area contributed by atoms with Crippen molar-refractivity contribution in [2.75, 3.05) is 30.5 Å². The van der Waals surface area contributed by atoms with E-state index < -0.39 is 0 Å². The van der Waals surface area contributed by atoms with Crippen LogP contribution in [0.25, 0.3) is 0 Å². The molecule has 0 saturated carbocycles. The van der Waals surface area contributed by atoms with Crippen LogP contribution in [0.1, 0.15) is 5.56 Å². The topological polar surface area (TPSA) is 72.4 Å². The molecule has 0 radical (unpaired) electrons. The highest BCUT2D eigenvalue weighted by atomic mass is 16.6. The number of rotatable bonds is 5. The summed E-state index contributed by atoms with van der Waals surface area (Å²) >= 11 is 0. The number of nitrogens with zero attached hydrogens (tertiary/aromatic N) is 4. The first kappa shape index (κ1) is 16.1. The zero-order valence-corrected chi connectivity index (χ0v) is 14.4. The summed E-state index contributed by atoms with van der Waals surface area (Å²) in [6, 6.07) is 15.9. The van der Waals surface area contributed by atoms with Crippen LogP contribution in [0.3, 0.4) is 0 Å². The number of nitrogens with one attached hydrogen (secondary N) is 1. The normalized spacial score (nSPS) is 12.5. The van der Waals surface area contributed by atoms with Crippen molar-refractivity contribution >= 4 is 17.5 Å². The Kier molecular flexibility index (Phi) is 4.51. The van der Waals surface area contributed by atoms with Crippen LogP contribution in [0.5, 0.6) is 11.5 Å². The van der Waals surface area contributed by atoms with Crippen LogP contribution in [-0.4, -0.2) is 35.4 Å². The van der Waals surface area contributed by atoms with Crippen LogP contribution < -0.4 is 19.7 Å². The van der Waals surface area contributed by atoms with Gasteiger partial charge in [-0.15, -0.1) is 5.10 Å². The zero-order valence-electron chi connectivity index (χ0n) is 14.4. The monoisotopic (exact) mass is 349 g/mol. The van der Waals surface area contributed by atoms with Crippen LogP contribution in [-0.2, 0) is 6.54 Å². The molecule has 4 rings (SSSR count). The van der Waals surface area contributed by atoms with Gasteiger partial charge in [0.25, 0.3) is 0 Å². The zero-order chi connectivity index (χ0) is 17.8. The molecule has 0 amide bonds. The van der Waals surface area contributed by atoms with E-state index in [0.29, 0.717) is 31.5 Å². The van der Waals surface area contributed by atoms with Gasteiger partial charge < -0.3 is 19.7 Å². The molecule has 7 heteroatoms. The van der Waals surface area contributed by atoms with Crippen molar-refractivity contribution in [1.82, 2.24) is 15.2 Å². The number of ether oxygens (including phenoxy) is 2. The molecular weight excluding hydrogens is 330 g/mol. The highest BCUT2D eigenvalue weighted by molar-refractivity contribution is 5.61. The van der Waals surface area contributed by atoms with E-state index >= 15 is 0 Å². The van der Waals surface area contributed by atoms with Crippen LogP contribution >= 0.6 is 0 Å². The predicted octanol–water partition coefficient (Wildman–Crippen LogP) is 3.02. The van der Waals surface area contributed by atoms with Crippen LogP contribution in [0.2, 0.25) is 0 Å². The fraction of sp³-hybridized carbons (Fsp3) is 0.211. The first-order chi connectivity index (χ1) is 12.8. The van der Waals surface area contributed by atoms with Crippen molar-refractivity contribution in [2.45, 2.75) is 6.54 Å². The number of fused-ring (bicyclic) bond motifs is 1. The van der Waals surface area contributed by atoms with Gasteiger partial charge in [0.2, 0.25) is 5.95 Å². The van der Waals surface area contributed by atoms with Gasteiger partial charge in [0.15, 0.2) is 17.3 Å². The molecule has 0 spiro atoms. The molecule has 0 atom stereocenters. The lowest BCUT2D eigenvalue weighted by Crippen LogP contribution is -2.20. The molecule has 1 aromatic heterocycles. The Morgan fingerprint density at radius 2 is 1.85 bits per heavy atom. The molecule has 0 bridgehead atoms. The fourth-order valence-corrected chi connectivity index (χ4v) is 2.71. The molecule has 1 aliphatic rings. The lowest BCUT2D eigenvalue weighted by atomic mass is 10.2. The molecule has 132 valence electrons. The third-order valence-electron chi connectivity index (χ3n) is 3.97. The van der Waals surface area contributed by atoms with Gasteiger partial charge in [-0.1, -0.05) is 30.3 Å². The number of hydrogen-bond donors (Lipinski definition) is 1. The second kappa shape index (κ2) is 7.26. The lowest BCUT2D eigenvalue weighted by molar-refractivity contribution is 0.171. The third kappa shape index (κ3) is 3.66. The summed E-state index contributed by atoms with van der Waals surface area (Å²) in [5.41, 5.74) is 2.04. The summed E-state index contributed by atoms with van der Waals surface area (Å²) in [5, 5.41) is 11.4. The molecular formula is C19H19N5O2. The Bertz CT molecular complexity index is 888. The molecule has 26 heavy (non-hydrogen) atoms. The Hall–Kier alpha value is -3.35. The standard InChI is InChI=1S/C19H19N5O2/c1-24(13-14-5-3-2-4-6-14)19-22-18(12-20-23-19)21-15-7-8-16-17(11-15)26-10-9-25-16/h2-8,11-12H,9-10,13H2,1H3,(H,21,22,23). The Morgan fingerprint density at radius 3 is 2.69 bits per heavy atom. The van der Waals surface area contributed by atoms with Gasteiger partial charge in [-0.05, 0) is 17.7 Å². The molecule has 2 heterocycles. The van der Waals surface area contributed by atoms with Crippen LogP contribution in [0.15, 0.2) is 54.7 Å². The maximum atomic E-state index is 5.61. The van der Waals surface area contributed by atoms with Crippen molar-refractivity contribution in [3.05, 3.63) is 60.3 Å². The van der Waals surface area contributed by atoms with Gasteiger partial charge in [-0.25, -0.2) is 0 Å². The smallest absolute Gasteiger partial charge is 0.247 e. The molecule has 2 aromatic carbocycles. The van der Waals surface area contributed by atoms with E-state index in [1.807, 2.05) is 48.3 Å². The maximum Gasteiger partial charge on any atom is 0.247 e. The van der Waals surface area contributed by atoms with E-state index in [9.17, 15) is 0 Å². The molecule has 0 aliphatic carbocycles. The molecule has 7 nitrogen and oxygen atoms in total.